The summed E-state index contributed by atoms with van der Waals surface area (Å²) in [7, 11) is 0. The maximum atomic E-state index is 12.6. The Morgan fingerprint density at radius 2 is 2.04 bits per heavy atom. The number of halogens is 1. The van der Waals surface area contributed by atoms with Crippen LogP contribution in [0.4, 0.5) is 5.69 Å². The van der Waals surface area contributed by atoms with Gasteiger partial charge < -0.3 is 15.2 Å². The van der Waals surface area contributed by atoms with Gasteiger partial charge in [-0.1, -0.05) is 43.1 Å². The zero-order chi connectivity index (χ0) is 17.4. The van der Waals surface area contributed by atoms with Crippen molar-refractivity contribution in [3.05, 3.63) is 41.5 Å². The zero-order valence-corrected chi connectivity index (χ0v) is 15.8. The van der Waals surface area contributed by atoms with Crippen LogP contribution in [-0.2, 0) is 16.8 Å². The van der Waals surface area contributed by atoms with Crippen LogP contribution in [0.25, 0.3) is 0 Å². The lowest BCUT2D eigenvalue weighted by molar-refractivity contribution is -0.117. The fraction of sp³-hybridized carbons (Fsp3) is 0.526. The van der Waals surface area contributed by atoms with Crippen molar-refractivity contribution in [2.45, 2.75) is 56.9 Å². The number of hydrogen-bond acceptors (Lipinski definition) is 5. The van der Waals surface area contributed by atoms with Gasteiger partial charge in [-0.25, -0.2) is 0 Å². The minimum atomic E-state index is -0.459. The molecule has 4 rings (SSSR count). The Morgan fingerprint density at radius 3 is 2.77 bits per heavy atom. The number of rotatable bonds is 4. The number of para-hydroxylation sites is 1. The highest BCUT2D eigenvalue weighted by Crippen LogP contribution is 2.37. The Balaban J connectivity index is 0.00000196. The maximum Gasteiger partial charge on any atom is 0.232 e. The standard InChI is InChI=1S/C19H24N4O2.ClH/c1-2-13-7-3-4-8-15(13)23-12-14(11-16(23)24)17-21-18(22-25-17)19(20)9-5-6-10-19;/h3-4,7-8,14H,2,5-6,9-12,20H2,1H3;1H. The maximum absolute atomic E-state index is 12.6. The van der Waals surface area contributed by atoms with Crippen molar-refractivity contribution in [3.63, 3.8) is 0 Å². The molecular formula is C19H25ClN4O2. The molecule has 0 bridgehead atoms. The SMILES string of the molecule is CCc1ccccc1N1CC(c2nc(C3(N)CCCC3)no2)CC1=O.Cl. The molecule has 1 aromatic heterocycles. The van der Waals surface area contributed by atoms with Crippen LogP contribution in [0.2, 0.25) is 0 Å². The molecule has 140 valence electrons. The minimum absolute atomic E-state index is 0. The Morgan fingerprint density at radius 1 is 1.31 bits per heavy atom. The third kappa shape index (κ3) is 3.23. The van der Waals surface area contributed by atoms with E-state index in [0.717, 1.165) is 37.8 Å². The highest BCUT2D eigenvalue weighted by molar-refractivity contribution is 5.97. The highest BCUT2D eigenvalue weighted by atomic mass is 35.5. The molecule has 0 spiro atoms. The van der Waals surface area contributed by atoms with Crippen LogP contribution in [0.5, 0.6) is 0 Å². The monoisotopic (exact) mass is 376 g/mol. The minimum Gasteiger partial charge on any atom is -0.339 e. The van der Waals surface area contributed by atoms with Gasteiger partial charge in [-0.05, 0) is 30.9 Å². The predicted molar refractivity (Wildman–Crippen MR) is 101 cm³/mol. The first kappa shape index (κ1) is 18.9. The molecule has 1 saturated heterocycles. The predicted octanol–water partition coefficient (Wildman–Crippen LogP) is 3.30. The van der Waals surface area contributed by atoms with E-state index in [2.05, 4.69) is 23.1 Å². The van der Waals surface area contributed by atoms with Gasteiger partial charge in [0, 0.05) is 18.7 Å². The molecule has 2 heterocycles. The van der Waals surface area contributed by atoms with E-state index in [1.54, 1.807) is 0 Å². The molecule has 2 fully saturated rings. The third-order valence-corrected chi connectivity index (χ3v) is 5.52. The quantitative estimate of drug-likeness (QED) is 0.884. The van der Waals surface area contributed by atoms with Crippen LogP contribution >= 0.6 is 12.4 Å². The van der Waals surface area contributed by atoms with E-state index in [1.165, 1.54) is 5.56 Å². The van der Waals surface area contributed by atoms with Crippen LogP contribution < -0.4 is 10.6 Å². The summed E-state index contributed by atoms with van der Waals surface area (Å²) in [4.78, 5) is 19.0. The summed E-state index contributed by atoms with van der Waals surface area (Å²) in [6.45, 7) is 2.68. The van der Waals surface area contributed by atoms with Crippen LogP contribution in [0.3, 0.4) is 0 Å². The highest BCUT2D eigenvalue weighted by Gasteiger charge is 2.39. The third-order valence-electron chi connectivity index (χ3n) is 5.52. The van der Waals surface area contributed by atoms with E-state index in [-0.39, 0.29) is 24.2 Å². The summed E-state index contributed by atoms with van der Waals surface area (Å²) in [6, 6.07) is 8.05. The van der Waals surface area contributed by atoms with Crippen LogP contribution in [0.1, 0.15) is 62.2 Å². The molecule has 1 atom stereocenters. The van der Waals surface area contributed by atoms with Crippen molar-refractivity contribution in [1.29, 1.82) is 0 Å². The van der Waals surface area contributed by atoms with Gasteiger partial charge in [0.05, 0.1) is 11.5 Å². The topological polar surface area (TPSA) is 85.2 Å². The van der Waals surface area contributed by atoms with Gasteiger partial charge in [0.1, 0.15) is 0 Å². The number of benzene rings is 1. The van der Waals surface area contributed by atoms with Crippen LogP contribution in [0.15, 0.2) is 28.8 Å². The van der Waals surface area contributed by atoms with E-state index >= 15 is 0 Å². The van der Waals surface area contributed by atoms with Gasteiger partial charge >= 0.3 is 0 Å². The number of anilines is 1. The number of carbonyl (C=O) groups is 1. The number of nitrogens with two attached hydrogens (primary N) is 1. The summed E-state index contributed by atoms with van der Waals surface area (Å²) in [5.41, 5.74) is 8.12. The molecule has 1 aliphatic carbocycles. The number of hydrogen-bond donors (Lipinski definition) is 1. The smallest absolute Gasteiger partial charge is 0.232 e. The Labute approximate surface area is 159 Å². The lowest BCUT2D eigenvalue weighted by Gasteiger charge is -2.19. The van der Waals surface area contributed by atoms with Gasteiger partial charge in [-0.2, -0.15) is 4.98 Å². The van der Waals surface area contributed by atoms with Crippen molar-refractivity contribution in [3.8, 4) is 0 Å². The molecule has 2 aliphatic rings. The van der Waals surface area contributed by atoms with E-state index in [9.17, 15) is 4.79 Å². The summed E-state index contributed by atoms with van der Waals surface area (Å²) in [6.07, 6.45) is 5.28. The second-order valence-electron chi connectivity index (χ2n) is 7.21. The number of aryl methyl sites for hydroxylation is 1. The molecule has 1 unspecified atom stereocenters. The van der Waals surface area contributed by atoms with Gasteiger partial charge in [0.2, 0.25) is 11.8 Å². The first-order valence-corrected chi connectivity index (χ1v) is 9.12. The molecule has 2 aromatic rings. The summed E-state index contributed by atoms with van der Waals surface area (Å²) < 4.78 is 5.50. The molecule has 1 saturated carbocycles. The average molecular weight is 377 g/mol. The molecule has 26 heavy (non-hydrogen) atoms. The molecule has 0 radical (unpaired) electrons. The normalized spacial score (nSPS) is 21.8. The van der Waals surface area contributed by atoms with Crippen molar-refractivity contribution in [2.24, 2.45) is 5.73 Å². The Hall–Kier alpha value is -1.92. The summed E-state index contributed by atoms with van der Waals surface area (Å²) in [5, 5.41) is 4.13. The molecule has 7 heteroatoms. The van der Waals surface area contributed by atoms with Gasteiger partial charge in [-0.3, -0.25) is 4.79 Å². The first-order valence-electron chi connectivity index (χ1n) is 9.12. The molecule has 2 N–H and O–H groups in total. The molecule has 1 aliphatic heterocycles. The molecule has 1 aromatic carbocycles. The van der Waals surface area contributed by atoms with Crippen molar-refractivity contribution >= 4 is 24.0 Å². The number of amides is 1. The average Bonchev–Trinajstić information content (AvgIpc) is 3.34. The fourth-order valence-electron chi connectivity index (χ4n) is 4.01. The Bertz CT molecular complexity index is 785. The van der Waals surface area contributed by atoms with Gasteiger partial charge in [-0.15, -0.1) is 12.4 Å². The fourth-order valence-corrected chi connectivity index (χ4v) is 4.01. The van der Waals surface area contributed by atoms with Crippen molar-refractivity contribution in [2.75, 3.05) is 11.4 Å². The number of carbonyl (C=O) groups excluding carboxylic acids is 1. The second kappa shape index (κ2) is 7.37. The van der Waals surface area contributed by atoms with Crippen LogP contribution in [0, 0.1) is 0 Å². The van der Waals surface area contributed by atoms with E-state index in [4.69, 9.17) is 10.3 Å². The first-order chi connectivity index (χ1) is 12.1. The summed E-state index contributed by atoms with van der Waals surface area (Å²) in [5.74, 6) is 1.18. The van der Waals surface area contributed by atoms with Crippen molar-refractivity contribution < 1.29 is 9.32 Å². The molecule has 1 amide bonds. The second-order valence-corrected chi connectivity index (χ2v) is 7.21. The van der Waals surface area contributed by atoms with Gasteiger partial charge in [0.15, 0.2) is 5.82 Å². The Kier molecular flexibility index (Phi) is 5.34. The van der Waals surface area contributed by atoms with E-state index < -0.39 is 5.54 Å². The lowest BCUT2D eigenvalue weighted by Crippen LogP contribution is -2.34. The lowest BCUT2D eigenvalue weighted by atomic mass is 9.98. The van der Waals surface area contributed by atoms with Crippen LogP contribution in [-0.4, -0.2) is 22.6 Å². The largest absolute Gasteiger partial charge is 0.339 e. The summed E-state index contributed by atoms with van der Waals surface area (Å²) >= 11 is 0. The van der Waals surface area contributed by atoms with Crippen molar-refractivity contribution in [1.82, 2.24) is 10.1 Å². The van der Waals surface area contributed by atoms with E-state index in [1.807, 2.05) is 23.1 Å². The number of nitrogens with zero attached hydrogens (tertiary/aromatic N) is 3. The van der Waals surface area contributed by atoms with Gasteiger partial charge in [0.25, 0.3) is 0 Å². The molecule has 6 nitrogen and oxygen atoms in total. The van der Waals surface area contributed by atoms with E-state index in [0.29, 0.717) is 24.7 Å². The number of aromatic nitrogens is 2. The zero-order valence-electron chi connectivity index (χ0n) is 15.0. The molecular weight excluding hydrogens is 352 g/mol.